The molecule has 0 aromatic carbocycles. The van der Waals surface area contributed by atoms with Gasteiger partial charge >= 0.3 is 0 Å². The quantitative estimate of drug-likeness (QED) is 0.827. The van der Waals surface area contributed by atoms with Gasteiger partial charge in [-0.25, -0.2) is 9.97 Å². The molecule has 0 spiro atoms. The Kier molecular flexibility index (Phi) is 4.96. The molecule has 1 aromatic heterocycles. The van der Waals surface area contributed by atoms with Crippen molar-refractivity contribution in [2.24, 2.45) is 0 Å². The molecule has 2 rings (SSSR count). The van der Waals surface area contributed by atoms with Gasteiger partial charge in [0.25, 0.3) is 0 Å². The van der Waals surface area contributed by atoms with Gasteiger partial charge in [0.15, 0.2) is 0 Å². The molecule has 1 saturated heterocycles. The minimum Gasteiger partial charge on any atom is -0.376 e. The smallest absolute Gasteiger partial charge is 0.134 e. The van der Waals surface area contributed by atoms with Crippen molar-refractivity contribution in [3.63, 3.8) is 0 Å². The predicted octanol–water partition coefficient (Wildman–Crippen LogP) is 2.59. The van der Waals surface area contributed by atoms with Gasteiger partial charge in [-0.15, -0.1) is 0 Å². The molecule has 0 saturated carbocycles. The molecular formula is C14H24N4O. The minimum atomic E-state index is 0.273. The molecule has 106 valence electrons. The molecule has 0 aliphatic carbocycles. The van der Waals surface area contributed by atoms with Gasteiger partial charge in [-0.3, -0.25) is 0 Å². The Morgan fingerprint density at radius 3 is 2.89 bits per heavy atom. The number of anilines is 2. The largest absolute Gasteiger partial charge is 0.376 e. The Hall–Kier alpha value is -1.36. The Balaban J connectivity index is 2.02. The second-order valence-electron chi connectivity index (χ2n) is 5.11. The molecule has 0 radical (unpaired) electrons. The van der Waals surface area contributed by atoms with Crippen molar-refractivity contribution in [3.05, 3.63) is 11.9 Å². The zero-order valence-corrected chi connectivity index (χ0v) is 12.1. The summed E-state index contributed by atoms with van der Waals surface area (Å²) in [6, 6.07) is 0.273. The van der Waals surface area contributed by atoms with E-state index in [2.05, 4.69) is 34.4 Å². The first kappa shape index (κ1) is 14.1. The number of ether oxygens (including phenoxy) is 1. The molecule has 5 heteroatoms. The van der Waals surface area contributed by atoms with Gasteiger partial charge in [0.05, 0.1) is 12.1 Å². The highest BCUT2D eigenvalue weighted by molar-refractivity contribution is 5.56. The zero-order valence-electron chi connectivity index (χ0n) is 12.1. The first-order valence-corrected chi connectivity index (χ1v) is 7.16. The molecule has 0 amide bonds. The predicted molar refractivity (Wildman–Crippen MR) is 77.6 cm³/mol. The van der Waals surface area contributed by atoms with Crippen molar-refractivity contribution in [2.75, 3.05) is 23.8 Å². The van der Waals surface area contributed by atoms with Crippen LogP contribution in [-0.2, 0) is 4.74 Å². The SMILES string of the molecule is CCCNc1ncnc(NC(C)C2CCCO2)c1C. The number of nitrogens with one attached hydrogen (secondary N) is 2. The van der Waals surface area contributed by atoms with Crippen molar-refractivity contribution in [1.29, 1.82) is 0 Å². The summed E-state index contributed by atoms with van der Waals surface area (Å²) in [5, 5.41) is 6.78. The minimum absolute atomic E-state index is 0.273. The number of nitrogens with zero attached hydrogens (tertiary/aromatic N) is 2. The summed E-state index contributed by atoms with van der Waals surface area (Å²) in [7, 11) is 0. The van der Waals surface area contributed by atoms with Crippen LogP contribution in [0.2, 0.25) is 0 Å². The van der Waals surface area contributed by atoms with Crippen LogP contribution in [0.5, 0.6) is 0 Å². The van der Waals surface area contributed by atoms with Crippen LogP contribution in [0.4, 0.5) is 11.6 Å². The van der Waals surface area contributed by atoms with Gasteiger partial charge in [0.1, 0.15) is 18.0 Å². The van der Waals surface area contributed by atoms with Gasteiger partial charge in [-0.2, -0.15) is 0 Å². The van der Waals surface area contributed by atoms with Crippen LogP contribution in [0, 0.1) is 6.92 Å². The average molecular weight is 264 g/mol. The maximum absolute atomic E-state index is 5.70. The summed E-state index contributed by atoms with van der Waals surface area (Å²) in [6.45, 7) is 8.14. The summed E-state index contributed by atoms with van der Waals surface area (Å²) < 4.78 is 5.70. The van der Waals surface area contributed by atoms with E-state index in [9.17, 15) is 0 Å². The highest BCUT2D eigenvalue weighted by Gasteiger charge is 2.23. The first-order valence-electron chi connectivity index (χ1n) is 7.16. The van der Waals surface area contributed by atoms with Crippen LogP contribution >= 0.6 is 0 Å². The van der Waals surface area contributed by atoms with E-state index in [1.165, 1.54) is 0 Å². The van der Waals surface area contributed by atoms with Crippen molar-refractivity contribution in [1.82, 2.24) is 9.97 Å². The monoisotopic (exact) mass is 264 g/mol. The molecule has 1 aliphatic heterocycles. The highest BCUT2D eigenvalue weighted by atomic mass is 16.5. The summed E-state index contributed by atoms with van der Waals surface area (Å²) in [5.41, 5.74) is 1.07. The lowest BCUT2D eigenvalue weighted by Gasteiger charge is -2.22. The van der Waals surface area contributed by atoms with Crippen molar-refractivity contribution in [3.8, 4) is 0 Å². The van der Waals surface area contributed by atoms with Gasteiger partial charge in [0, 0.05) is 18.7 Å². The van der Waals surface area contributed by atoms with Gasteiger partial charge in [0.2, 0.25) is 0 Å². The topological polar surface area (TPSA) is 59.1 Å². The fraction of sp³-hybridized carbons (Fsp3) is 0.714. The fourth-order valence-corrected chi connectivity index (χ4v) is 2.32. The standard InChI is InChI=1S/C14H24N4O/c1-4-7-15-13-10(2)14(17-9-16-13)18-11(3)12-6-5-8-19-12/h9,11-12H,4-8H2,1-3H3,(H2,15,16,17,18). The maximum atomic E-state index is 5.70. The number of rotatable bonds is 6. The zero-order chi connectivity index (χ0) is 13.7. The van der Waals surface area contributed by atoms with Crippen LogP contribution < -0.4 is 10.6 Å². The number of aromatic nitrogens is 2. The van der Waals surface area contributed by atoms with Gasteiger partial charge in [-0.05, 0) is 33.1 Å². The van der Waals surface area contributed by atoms with E-state index in [1.54, 1.807) is 6.33 Å². The van der Waals surface area contributed by atoms with E-state index in [0.29, 0.717) is 6.10 Å². The molecule has 2 atom stereocenters. The Bertz CT molecular complexity index is 404. The Morgan fingerprint density at radius 1 is 1.42 bits per heavy atom. The summed E-state index contributed by atoms with van der Waals surface area (Å²) in [6.07, 6.45) is 5.26. The summed E-state index contributed by atoms with van der Waals surface area (Å²) in [5.74, 6) is 1.82. The second kappa shape index (κ2) is 6.70. The third-order valence-electron chi connectivity index (χ3n) is 3.51. The highest BCUT2D eigenvalue weighted by Crippen LogP contribution is 2.22. The van der Waals surface area contributed by atoms with E-state index in [-0.39, 0.29) is 6.04 Å². The van der Waals surface area contributed by atoms with Gasteiger partial charge < -0.3 is 15.4 Å². The first-order chi connectivity index (χ1) is 9.22. The summed E-state index contributed by atoms with van der Waals surface area (Å²) in [4.78, 5) is 8.63. The van der Waals surface area contributed by atoms with E-state index < -0.39 is 0 Å². The molecule has 5 nitrogen and oxygen atoms in total. The Labute approximate surface area is 115 Å². The molecule has 2 N–H and O–H groups in total. The van der Waals surface area contributed by atoms with E-state index >= 15 is 0 Å². The molecule has 1 fully saturated rings. The van der Waals surface area contributed by atoms with Crippen molar-refractivity contribution >= 4 is 11.6 Å². The van der Waals surface area contributed by atoms with E-state index in [1.807, 2.05) is 6.92 Å². The Morgan fingerprint density at radius 2 is 2.21 bits per heavy atom. The normalized spacial score (nSPS) is 20.3. The van der Waals surface area contributed by atoms with Crippen LogP contribution in [0.25, 0.3) is 0 Å². The lowest BCUT2D eigenvalue weighted by Crippen LogP contribution is -2.30. The van der Waals surface area contributed by atoms with Crippen molar-refractivity contribution in [2.45, 2.75) is 52.2 Å². The maximum Gasteiger partial charge on any atom is 0.134 e. The van der Waals surface area contributed by atoms with Crippen LogP contribution in [0.15, 0.2) is 6.33 Å². The molecule has 19 heavy (non-hydrogen) atoms. The molecule has 2 heterocycles. The van der Waals surface area contributed by atoms with E-state index in [4.69, 9.17) is 4.74 Å². The van der Waals surface area contributed by atoms with Crippen LogP contribution in [-0.4, -0.2) is 35.3 Å². The second-order valence-corrected chi connectivity index (χ2v) is 5.11. The molecular weight excluding hydrogens is 240 g/mol. The third kappa shape index (κ3) is 3.56. The number of hydrogen-bond acceptors (Lipinski definition) is 5. The molecule has 1 aliphatic rings. The van der Waals surface area contributed by atoms with Crippen LogP contribution in [0.3, 0.4) is 0 Å². The third-order valence-corrected chi connectivity index (χ3v) is 3.51. The summed E-state index contributed by atoms with van der Waals surface area (Å²) >= 11 is 0. The average Bonchev–Trinajstić information content (AvgIpc) is 2.94. The van der Waals surface area contributed by atoms with Crippen molar-refractivity contribution < 1.29 is 4.74 Å². The lowest BCUT2D eigenvalue weighted by atomic mass is 10.1. The molecule has 1 aromatic rings. The van der Waals surface area contributed by atoms with Gasteiger partial charge in [-0.1, -0.05) is 6.92 Å². The lowest BCUT2D eigenvalue weighted by molar-refractivity contribution is 0.0995. The number of hydrogen-bond donors (Lipinski definition) is 2. The van der Waals surface area contributed by atoms with Crippen LogP contribution in [0.1, 0.15) is 38.7 Å². The fourth-order valence-electron chi connectivity index (χ4n) is 2.32. The van der Waals surface area contributed by atoms with E-state index in [0.717, 1.165) is 49.6 Å². The molecule has 2 unspecified atom stereocenters. The molecule has 0 bridgehead atoms.